The Balaban J connectivity index is 0.00000176. The molecule has 1 aromatic rings. The first-order valence-corrected chi connectivity index (χ1v) is 7.68. The Morgan fingerprint density at radius 2 is 2.36 bits per heavy atom. The molecule has 2 aliphatic rings. The second-order valence-corrected chi connectivity index (χ2v) is 5.83. The van der Waals surface area contributed by atoms with Crippen LogP contribution in [0.3, 0.4) is 0 Å². The highest BCUT2D eigenvalue weighted by Crippen LogP contribution is 2.25. The molecule has 6 heteroatoms. The molecule has 5 nitrogen and oxygen atoms in total. The molecule has 1 fully saturated rings. The molecule has 2 N–H and O–H groups in total. The van der Waals surface area contributed by atoms with Crippen molar-refractivity contribution in [3.63, 3.8) is 0 Å². The van der Waals surface area contributed by atoms with Crippen LogP contribution in [0, 0.1) is 0 Å². The molecule has 1 atom stereocenters. The molecule has 0 saturated carbocycles. The highest BCUT2D eigenvalue weighted by Gasteiger charge is 2.21. The first-order valence-electron chi connectivity index (χ1n) is 7.68. The molecule has 2 heterocycles. The van der Waals surface area contributed by atoms with Gasteiger partial charge in [-0.15, -0.1) is 12.4 Å². The summed E-state index contributed by atoms with van der Waals surface area (Å²) in [5.41, 5.74) is 3.04. The average Bonchev–Trinajstić information content (AvgIpc) is 2.52. The number of morpholine rings is 1. The van der Waals surface area contributed by atoms with Gasteiger partial charge < -0.3 is 20.3 Å². The SMILES string of the molecule is CN1CCOC(CNC(=O)c2cccc3c2CCCN3)C1.Cl. The topological polar surface area (TPSA) is 53.6 Å². The highest BCUT2D eigenvalue weighted by molar-refractivity contribution is 5.97. The summed E-state index contributed by atoms with van der Waals surface area (Å²) in [7, 11) is 2.08. The summed E-state index contributed by atoms with van der Waals surface area (Å²) >= 11 is 0. The fraction of sp³-hybridized carbons (Fsp3) is 0.562. The third-order valence-corrected chi connectivity index (χ3v) is 4.17. The zero-order valence-electron chi connectivity index (χ0n) is 12.9. The first kappa shape index (κ1) is 17.1. The Bertz CT molecular complexity index is 524. The van der Waals surface area contributed by atoms with E-state index >= 15 is 0 Å². The third-order valence-electron chi connectivity index (χ3n) is 4.17. The summed E-state index contributed by atoms with van der Waals surface area (Å²) in [6.07, 6.45) is 2.13. The number of amides is 1. The predicted octanol–water partition coefficient (Wildman–Crippen LogP) is 1.53. The van der Waals surface area contributed by atoms with Gasteiger partial charge >= 0.3 is 0 Å². The van der Waals surface area contributed by atoms with Crippen molar-refractivity contribution in [3.8, 4) is 0 Å². The van der Waals surface area contributed by atoms with Crippen LogP contribution in [0.4, 0.5) is 5.69 Å². The van der Waals surface area contributed by atoms with Gasteiger partial charge in [0.2, 0.25) is 0 Å². The van der Waals surface area contributed by atoms with Crippen LogP contribution in [0.1, 0.15) is 22.3 Å². The maximum atomic E-state index is 12.4. The van der Waals surface area contributed by atoms with Gasteiger partial charge in [0.1, 0.15) is 0 Å². The lowest BCUT2D eigenvalue weighted by Gasteiger charge is -2.30. The zero-order valence-corrected chi connectivity index (χ0v) is 13.7. The van der Waals surface area contributed by atoms with Crippen LogP contribution in [0.25, 0.3) is 0 Å². The molecular weight excluding hydrogens is 302 g/mol. The van der Waals surface area contributed by atoms with Gasteiger partial charge in [0.05, 0.1) is 12.7 Å². The number of carbonyl (C=O) groups excluding carboxylic acids is 1. The van der Waals surface area contributed by atoms with Crippen molar-refractivity contribution in [1.29, 1.82) is 0 Å². The molecular formula is C16H24ClN3O2. The van der Waals surface area contributed by atoms with E-state index in [1.807, 2.05) is 18.2 Å². The van der Waals surface area contributed by atoms with E-state index in [2.05, 4.69) is 22.6 Å². The van der Waals surface area contributed by atoms with E-state index in [1.165, 1.54) is 0 Å². The quantitative estimate of drug-likeness (QED) is 0.885. The van der Waals surface area contributed by atoms with Crippen molar-refractivity contribution in [2.24, 2.45) is 0 Å². The highest BCUT2D eigenvalue weighted by atomic mass is 35.5. The Kier molecular flexibility index (Phi) is 6.06. The van der Waals surface area contributed by atoms with Crippen molar-refractivity contribution in [3.05, 3.63) is 29.3 Å². The number of hydrogen-bond donors (Lipinski definition) is 2. The van der Waals surface area contributed by atoms with Gasteiger partial charge in [-0.3, -0.25) is 4.79 Å². The largest absolute Gasteiger partial charge is 0.385 e. The second kappa shape index (κ2) is 7.81. The van der Waals surface area contributed by atoms with E-state index in [9.17, 15) is 4.79 Å². The minimum absolute atomic E-state index is 0. The number of nitrogens with zero attached hydrogens (tertiary/aromatic N) is 1. The van der Waals surface area contributed by atoms with E-state index in [0.29, 0.717) is 6.54 Å². The summed E-state index contributed by atoms with van der Waals surface area (Å²) in [5, 5.41) is 6.38. The standard InChI is InChI=1S/C16H23N3O2.ClH/c1-19-8-9-21-12(11-19)10-18-16(20)14-4-2-6-15-13(14)5-3-7-17-15;/h2,4,6,12,17H,3,5,7-11H2,1H3,(H,18,20);1H. The fourth-order valence-corrected chi connectivity index (χ4v) is 3.01. The van der Waals surface area contributed by atoms with E-state index in [4.69, 9.17) is 4.74 Å². The predicted molar refractivity (Wildman–Crippen MR) is 90.1 cm³/mol. The molecule has 1 saturated heterocycles. The van der Waals surface area contributed by atoms with Crippen LogP contribution in [0.5, 0.6) is 0 Å². The number of hydrogen-bond acceptors (Lipinski definition) is 4. The zero-order chi connectivity index (χ0) is 14.7. The number of fused-ring (bicyclic) bond motifs is 1. The molecule has 1 aromatic carbocycles. The molecule has 122 valence electrons. The van der Waals surface area contributed by atoms with Gasteiger partial charge in [-0.25, -0.2) is 0 Å². The number of nitrogens with one attached hydrogen (secondary N) is 2. The summed E-state index contributed by atoms with van der Waals surface area (Å²) in [5.74, 6) is 0.00683. The van der Waals surface area contributed by atoms with E-state index < -0.39 is 0 Å². The van der Waals surface area contributed by atoms with Gasteiger partial charge in [-0.2, -0.15) is 0 Å². The maximum Gasteiger partial charge on any atom is 0.251 e. The minimum Gasteiger partial charge on any atom is -0.385 e. The second-order valence-electron chi connectivity index (χ2n) is 5.83. The molecule has 0 spiro atoms. The minimum atomic E-state index is 0. The Morgan fingerprint density at radius 1 is 1.50 bits per heavy atom. The number of ether oxygens (including phenoxy) is 1. The van der Waals surface area contributed by atoms with Crippen molar-refractivity contribution in [2.75, 3.05) is 45.2 Å². The van der Waals surface area contributed by atoms with Gasteiger partial charge in [-0.05, 0) is 37.6 Å². The van der Waals surface area contributed by atoms with Gasteiger partial charge in [0, 0.05) is 37.4 Å². The number of likely N-dealkylation sites (N-methyl/N-ethyl adjacent to an activating group) is 1. The Hall–Kier alpha value is -1.30. The van der Waals surface area contributed by atoms with Crippen LogP contribution in [-0.2, 0) is 11.2 Å². The molecule has 0 aliphatic carbocycles. The van der Waals surface area contributed by atoms with Crippen LogP contribution in [0.2, 0.25) is 0 Å². The Labute approximate surface area is 137 Å². The van der Waals surface area contributed by atoms with Crippen molar-refractivity contribution in [1.82, 2.24) is 10.2 Å². The van der Waals surface area contributed by atoms with Crippen LogP contribution in [0.15, 0.2) is 18.2 Å². The first-order chi connectivity index (χ1) is 10.2. The summed E-state index contributed by atoms with van der Waals surface area (Å²) in [6, 6.07) is 5.90. The van der Waals surface area contributed by atoms with Crippen LogP contribution >= 0.6 is 12.4 Å². The smallest absolute Gasteiger partial charge is 0.251 e. The molecule has 2 aliphatic heterocycles. The van der Waals surface area contributed by atoms with Crippen molar-refractivity contribution >= 4 is 24.0 Å². The van der Waals surface area contributed by atoms with E-state index in [1.54, 1.807) is 0 Å². The normalized spacial score (nSPS) is 21.2. The van der Waals surface area contributed by atoms with Gasteiger partial charge in [0.15, 0.2) is 0 Å². The molecule has 3 rings (SSSR count). The number of rotatable bonds is 3. The lowest BCUT2D eigenvalue weighted by Crippen LogP contribution is -2.46. The molecule has 0 bridgehead atoms. The number of benzene rings is 1. The molecule has 22 heavy (non-hydrogen) atoms. The van der Waals surface area contributed by atoms with Crippen LogP contribution < -0.4 is 10.6 Å². The van der Waals surface area contributed by atoms with E-state index in [0.717, 1.165) is 55.9 Å². The molecule has 1 amide bonds. The summed E-state index contributed by atoms with van der Waals surface area (Å²) < 4.78 is 5.68. The maximum absolute atomic E-state index is 12.4. The Morgan fingerprint density at radius 3 is 3.18 bits per heavy atom. The van der Waals surface area contributed by atoms with E-state index in [-0.39, 0.29) is 24.4 Å². The van der Waals surface area contributed by atoms with Crippen LogP contribution in [-0.4, -0.2) is 56.7 Å². The van der Waals surface area contributed by atoms with Crippen molar-refractivity contribution < 1.29 is 9.53 Å². The monoisotopic (exact) mass is 325 g/mol. The number of halogens is 1. The fourth-order valence-electron chi connectivity index (χ4n) is 3.01. The average molecular weight is 326 g/mol. The number of anilines is 1. The molecule has 0 radical (unpaired) electrons. The number of carbonyl (C=O) groups is 1. The summed E-state index contributed by atoms with van der Waals surface area (Å²) in [6.45, 7) is 4.12. The van der Waals surface area contributed by atoms with Gasteiger partial charge in [0.25, 0.3) is 5.91 Å². The van der Waals surface area contributed by atoms with Crippen molar-refractivity contribution in [2.45, 2.75) is 18.9 Å². The lowest BCUT2D eigenvalue weighted by molar-refractivity contribution is -0.0175. The summed E-state index contributed by atoms with van der Waals surface area (Å²) in [4.78, 5) is 14.7. The van der Waals surface area contributed by atoms with Gasteiger partial charge in [-0.1, -0.05) is 6.07 Å². The molecule has 0 aromatic heterocycles. The molecule has 1 unspecified atom stereocenters. The lowest BCUT2D eigenvalue weighted by atomic mass is 9.97. The third kappa shape index (κ3) is 3.91.